The molecule has 2 bridgehead atoms. The molecule has 22 heavy (non-hydrogen) atoms. The Morgan fingerprint density at radius 1 is 1.23 bits per heavy atom. The van der Waals surface area contributed by atoms with Crippen LogP contribution in [0.25, 0.3) is 0 Å². The molecule has 0 radical (unpaired) electrons. The molecule has 2 amide bonds. The third kappa shape index (κ3) is 1.93. The molecular weight excluding hydrogens is 278 g/mol. The molecule has 1 aliphatic heterocycles. The summed E-state index contributed by atoms with van der Waals surface area (Å²) in [6.07, 6.45) is 0.664. The number of likely N-dealkylation sites (tertiary alicyclic amines) is 1. The Kier molecular flexibility index (Phi) is 3.40. The first-order chi connectivity index (χ1) is 10.3. The van der Waals surface area contributed by atoms with Crippen LogP contribution in [0, 0.1) is 16.7 Å². The summed E-state index contributed by atoms with van der Waals surface area (Å²) in [7, 11) is 0. The number of rotatable bonds is 3. The van der Waals surface area contributed by atoms with Gasteiger partial charge in [0.1, 0.15) is 0 Å². The highest BCUT2D eigenvalue weighted by atomic mass is 16.3. The second-order valence-corrected chi connectivity index (χ2v) is 7.33. The Morgan fingerprint density at radius 3 is 2.50 bits per heavy atom. The van der Waals surface area contributed by atoms with E-state index in [1.807, 2.05) is 51.1 Å². The van der Waals surface area contributed by atoms with Gasteiger partial charge in [0.25, 0.3) is 0 Å². The maximum atomic E-state index is 12.9. The van der Waals surface area contributed by atoms with E-state index < -0.39 is 11.5 Å². The molecule has 1 aromatic carbocycles. The van der Waals surface area contributed by atoms with Crippen LogP contribution in [0.15, 0.2) is 30.3 Å². The van der Waals surface area contributed by atoms with Gasteiger partial charge in [-0.1, -0.05) is 51.1 Å². The van der Waals surface area contributed by atoms with Gasteiger partial charge in [0.15, 0.2) is 0 Å². The summed E-state index contributed by atoms with van der Waals surface area (Å²) in [4.78, 5) is 26.9. The average molecular weight is 301 g/mol. The minimum absolute atomic E-state index is 0.0455. The zero-order chi connectivity index (χ0) is 16.1. The van der Waals surface area contributed by atoms with Gasteiger partial charge < -0.3 is 5.11 Å². The van der Waals surface area contributed by atoms with E-state index in [2.05, 4.69) is 0 Å². The van der Waals surface area contributed by atoms with Gasteiger partial charge in [-0.2, -0.15) is 0 Å². The molecule has 1 N–H and O–H groups in total. The van der Waals surface area contributed by atoms with Crippen LogP contribution in [-0.2, 0) is 9.59 Å². The van der Waals surface area contributed by atoms with E-state index in [-0.39, 0.29) is 29.7 Å². The molecule has 1 saturated heterocycles. The molecule has 2 fully saturated rings. The fourth-order valence-electron chi connectivity index (χ4n) is 4.03. The SMILES string of the molecule is CC12CCC(C(=O)N(CC(O)c3ccccc3)C1=O)C2(C)C. The van der Waals surface area contributed by atoms with Crippen LogP contribution in [0.2, 0.25) is 0 Å². The van der Waals surface area contributed by atoms with Gasteiger partial charge in [-0.05, 0) is 23.8 Å². The number of piperidine rings is 1. The van der Waals surface area contributed by atoms with Crippen LogP contribution in [0.3, 0.4) is 0 Å². The van der Waals surface area contributed by atoms with Gasteiger partial charge in [0.05, 0.1) is 18.1 Å². The summed E-state index contributed by atoms with van der Waals surface area (Å²) in [6, 6.07) is 9.17. The Morgan fingerprint density at radius 2 is 1.86 bits per heavy atom. The predicted molar refractivity (Wildman–Crippen MR) is 82.7 cm³/mol. The van der Waals surface area contributed by atoms with Gasteiger partial charge in [0.2, 0.25) is 11.8 Å². The van der Waals surface area contributed by atoms with E-state index in [9.17, 15) is 14.7 Å². The van der Waals surface area contributed by atoms with E-state index in [4.69, 9.17) is 0 Å². The zero-order valence-electron chi connectivity index (χ0n) is 13.4. The lowest BCUT2D eigenvalue weighted by Gasteiger charge is -2.48. The second-order valence-electron chi connectivity index (χ2n) is 7.33. The van der Waals surface area contributed by atoms with Crippen molar-refractivity contribution >= 4 is 11.8 Å². The highest BCUT2D eigenvalue weighted by Gasteiger charge is 2.64. The van der Waals surface area contributed by atoms with E-state index in [0.29, 0.717) is 0 Å². The summed E-state index contributed by atoms with van der Waals surface area (Å²) < 4.78 is 0. The minimum Gasteiger partial charge on any atom is -0.387 e. The number of aliphatic hydroxyl groups is 1. The molecule has 1 heterocycles. The zero-order valence-corrected chi connectivity index (χ0v) is 13.4. The first-order valence-electron chi connectivity index (χ1n) is 7.88. The van der Waals surface area contributed by atoms with Gasteiger partial charge in [0, 0.05) is 5.92 Å². The second kappa shape index (κ2) is 4.92. The molecule has 1 aliphatic carbocycles. The molecule has 0 spiro atoms. The number of fused-ring (bicyclic) bond motifs is 2. The summed E-state index contributed by atoms with van der Waals surface area (Å²) in [5.74, 6) is -0.385. The Bertz CT molecular complexity index is 610. The number of hydrogen-bond donors (Lipinski definition) is 1. The Labute approximate surface area is 131 Å². The molecule has 1 aromatic rings. The fraction of sp³-hybridized carbons (Fsp3) is 0.556. The molecule has 118 valence electrons. The minimum atomic E-state index is -0.835. The van der Waals surface area contributed by atoms with E-state index in [1.165, 1.54) is 4.90 Å². The van der Waals surface area contributed by atoms with Crippen LogP contribution in [0.4, 0.5) is 0 Å². The molecule has 1 saturated carbocycles. The lowest BCUT2D eigenvalue weighted by Crippen LogP contribution is -2.59. The third-order valence-electron chi connectivity index (χ3n) is 6.05. The van der Waals surface area contributed by atoms with Crippen LogP contribution < -0.4 is 0 Å². The molecule has 3 atom stereocenters. The number of β-amino-alcohol motifs (C(OH)–C–C–N with tert-alkyl or cyclic N) is 1. The number of hydrogen-bond acceptors (Lipinski definition) is 3. The van der Waals surface area contributed by atoms with Crippen LogP contribution in [0.5, 0.6) is 0 Å². The first kappa shape index (κ1) is 15.2. The number of benzene rings is 1. The maximum absolute atomic E-state index is 12.9. The van der Waals surface area contributed by atoms with Crippen LogP contribution in [0.1, 0.15) is 45.3 Å². The van der Waals surface area contributed by atoms with Crippen LogP contribution >= 0.6 is 0 Å². The van der Waals surface area contributed by atoms with Crippen molar-refractivity contribution < 1.29 is 14.7 Å². The van der Waals surface area contributed by atoms with Crippen LogP contribution in [-0.4, -0.2) is 28.4 Å². The molecule has 0 aromatic heterocycles. The average Bonchev–Trinajstić information content (AvgIpc) is 2.69. The lowest BCUT2D eigenvalue weighted by atomic mass is 9.62. The topological polar surface area (TPSA) is 57.6 Å². The Balaban J connectivity index is 1.87. The van der Waals surface area contributed by atoms with Crippen molar-refractivity contribution in [2.45, 2.75) is 39.7 Å². The predicted octanol–water partition coefficient (Wildman–Crippen LogP) is 2.53. The Hall–Kier alpha value is -1.68. The van der Waals surface area contributed by atoms with E-state index in [1.54, 1.807) is 0 Å². The number of amides is 2. The summed E-state index contributed by atoms with van der Waals surface area (Å²) in [5.41, 5.74) is -0.0948. The van der Waals surface area contributed by atoms with Gasteiger partial charge in [-0.25, -0.2) is 0 Å². The summed E-state index contributed by atoms with van der Waals surface area (Å²) in [6.45, 7) is 6.05. The quantitative estimate of drug-likeness (QED) is 0.873. The third-order valence-corrected chi connectivity index (χ3v) is 6.05. The van der Waals surface area contributed by atoms with Crippen molar-refractivity contribution in [3.63, 3.8) is 0 Å². The number of aliphatic hydroxyl groups excluding tert-OH is 1. The number of imide groups is 1. The summed E-state index contributed by atoms with van der Waals surface area (Å²) in [5, 5.41) is 10.4. The van der Waals surface area contributed by atoms with Gasteiger partial charge in [-0.3, -0.25) is 14.5 Å². The lowest BCUT2D eigenvalue weighted by molar-refractivity contribution is -0.169. The number of carbonyl (C=O) groups is 2. The molecular formula is C18H23NO3. The monoisotopic (exact) mass is 301 g/mol. The smallest absolute Gasteiger partial charge is 0.235 e. The van der Waals surface area contributed by atoms with Crippen molar-refractivity contribution in [3.05, 3.63) is 35.9 Å². The van der Waals surface area contributed by atoms with Gasteiger partial charge in [-0.15, -0.1) is 0 Å². The van der Waals surface area contributed by atoms with Crippen molar-refractivity contribution in [2.24, 2.45) is 16.7 Å². The van der Waals surface area contributed by atoms with E-state index >= 15 is 0 Å². The highest BCUT2D eigenvalue weighted by Crippen LogP contribution is 2.60. The van der Waals surface area contributed by atoms with Gasteiger partial charge >= 0.3 is 0 Å². The van der Waals surface area contributed by atoms with Crippen molar-refractivity contribution in [3.8, 4) is 0 Å². The fourth-order valence-corrected chi connectivity index (χ4v) is 4.03. The maximum Gasteiger partial charge on any atom is 0.235 e. The molecule has 4 nitrogen and oxygen atoms in total. The van der Waals surface area contributed by atoms with Crippen molar-refractivity contribution in [1.29, 1.82) is 0 Å². The molecule has 2 aliphatic rings. The van der Waals surface area contributed by atoms with Crippen molar-refractivity contribution in [1.82, 2.24) is 4.90 Å². The standard InChI is InChI=1S/C18H23NO3/c1-17(2)13-9-10-18(17,3)16(22)19(15(13)21)11-14(20)12-7-5-4-6-8-12/h4-8,13-14,20H,9-11H2,1-3H3. The van der Waals surface area contributed by atoms with Crippen molar-refractivity contribution in [2.75, 3.05) is 6.54 Å². The highest BCUT2D eigenvalue weighted by molar-refractivity contribution is 6.03. The van der Waals surface area contributed by atoms with E-state index in [0.717, 1.165) is 18.4 Å². The molecule has 3 rings (SSSR count). The number of carbonyl (C=O) groups excluding carboxylic acids is 2. The largest absolute Gasteiger partial charge is 0.387 e. The first-order valence-corrected chi connectivity index (χ1v) is 7.88. The summed E-state index contributed by atoms with van der Waals surface area (Å²) >= 11 is 0. The normalized spacial score (nSPS) is 31.5. The molecule has 3 unspecified atom stereocenters. The number of nitrogens with zero attached hydrogens (tertiary/aromatic N) is 1. The molecule has 4 heteroatoms.